The summed E-state index contributed by atoms with van der Waals surface area (Å²) in [4.78, 5) is 35.9. The number of nitrogens with zero attached hydrogens (tertiary/aromatic N) is 3. The Bertz CT molecular complexity index is 870. The van der Waals surface area contributed by atoms with Gasteiger partial charge in [0.25, 0.3) is 5.91 Å². The number of carbonyl (C=O) groups is 2. The van der Waals surface area contributed by atoms with Gasteiger partial charge in [-0.05, 0) is 36.2 Å². The van der Waals surface area contributed by atoms with Gasteiger partial charge in [0.2, 0.25) is 0 Å². The summed E-state index contributed by atoms with van der Waals surface area (Å²) < 4.78 is 6.00. The van der Waals surface area contributed by atoms with E-state index in [-0.39, 0.29) is 5.69 Å². The van der Waals surface area contributed by atoms with Crippen LogP contribution in [-0.2, 0) is 24.6 Å². The molecule has 2 heterocycles. The predicted octanol–water partition coefficient (Wildman–Crippen LogP) is 2.31. The Morgan fingerprint density at radius 3 is 2.76 bits per heavy atom. The number of fused-ring (bicyclic) bond motifs is 1. The molecule has 2 aromatic heterocycles. The number of rotatable bonds is 4. The van der Waals surface area contributed by atoms with Crippen molar-refractivity contribution in [2.45, 2.75) is 25.7 Å². The zero-order valence-corrected chi connectivity index (χ0v) is 14.5. The molecule has 0 atom stereocenters. The molecule has 25 heavy (non-hydrogen) atoms. The molecule has 0 saturated heterocycles. The Morgan fingerprint density at radius 2 is 2.12 bits per heavy atom. The minimum absolute atomic E-state index is 0.0360. The summed E-state index contributed by atoms with van der Waals surface area (Å²) in [5.74, 6) is -1.47. The van der Waals surface area contributed by atoms with Crippen LogP contribution >= 0.6 is 11.3 Å². The van der Waals surface area contributed by atoms with E-state index < -0.39 is 22.6 Å². The number of thiophene rings is 1. The van der Waals surface area contributed by atoms with Crippen LogP contribution in [0.5, 0.6) is 0 Å². The topological polar surface area (TPSA) is 116 Å². The lowest BCUT2D eigenvalue weighted by Crippen LogP contribution is -2.17. The molecule has 0 aliphatic heterocycles. The lowest BCUT2D eigenvalue weighted by molar-refractivity contribution is -0.389. The van der Waals surface area contributed by atoms with Crippen LogP contribution in [0.2, 0.25) is 0 Å². The molecule has 0 saturated carbocycles. The van der Waals surface area contributed by atoms with E-state index in [1.165, 1.54) is 25.5 Å². The smallest absolute Gasteiger partial charge is 0.390 e. The summed E-state index contributed by atoms with van der Waals surface area (Å²) in [6, 6.07) is 1.10. The van der Waals surface area contributed by atoms with Crippen molar-refractivity contribution < 1.29 is 19.2 Å². The number of ether oxygens (including phenoxy) is 1. The molecule has 0 bridgehead atoms. The fourth-order valence-electron chi connectivity index (χ4n) is 2.89. The Labute approximate surface area is 146 Å². The van der Waals surface area contributed by atoms with Crippen LogP contribution in [0.3, 0.4) is 0 Å². The Kier molecular flexibility index (Phi) is 4.53. The van der Waals surface area contributed by atoms with Crippen molar-refractivity contribution in [3.05, 3.63) is 37.9 Å². The summed E-state index contributed by atoms with van der Waals surface area (Å²) in [7, 11) is 2.74. The highest BCUT2D eigenvalue weighted by Gasteiger charge is 2.28. The summed E-state index contributed by atoms with van der Waals surface area (Å²) in [5.41, 5.74) is 1.34. The number of esters is 1. The Balaban J connectivity index is 1.95. The first-order chi connectivity index (χ1) is 11.9. The van der Waals surface area contributed by atoms with Gasteiger partial charge in [0.05, 0.1) is 30.9 Å². The van der Waals surface area contributed by atoms with Gasteiger partial charge in [-0.1, -0.05) is 0 Å². The molecule has 1 N–H and O–H groups in total. The number of aryl methyl sites for hydroxylation is 2. The number of amides is 1. The van der Waals surface area contributed by atoms with Crippen LogP contribution < -0.4 is 5.32 Å². The van der Waals surface area contributed by atoms with Gasteiger partial charge >= 0.3 is 11.8 Å². The summed E-state index contributed by atoms with van der Waals surface area (Å²) in [6.45, 7) is 0. The lowest BCUT2D eigenvalue weighted by Gasteiger charge is -2.11. The van der Waals surface area contributed by atoms with Crippen LogP contribution in [0.15, 0.2) is 6.07 Å². The van der Waals surface area contributed by atoms with E-state index in [1.807, 2.05) is 0 Å². The van der Waals surface area contributed by atoms with Gasteiger partial charge in [-0.3, -0.25) is 4.79 Å². The van der Waals surface area contributed by atoms with Crippen molar-refractivity contribution in [3.63, 3.8) is 0 Å². The number of anilines is 1. The molecule has 0 radical (unpaired) electrons. The highest BCUT2D eigenvalue weighted by Crippen LogP contribution is 2.38. The molecule has 0 aromatic carbocycles. The molecule has 0 spiro atoms. The molecule has 9 nitrogen and oxygen atoms in total. The number of methoxy groups -OCH3 is 1. The maximum absolute atomic E-state index is 12.5. The summed E-state index contributed by atoms with van der Waals surface area (Å²) in [5, 5.41) is 17.6. The second-order valence-corrected chi connectivity index (χ2v) is 6.73. The molecular formula is C15H16N4O5S. The number of aromatic nitrogens is 2. The summed E-state index contributed by atoms with van der Waals surface area (Å²) >= 11 is 1.35. The maximum Gasteiger partial charge on any atom is 0.390 e. The van der Waals surface area contributed by atoms with Gasteiger partial charge in [-0.2, -0.15) is 4.68 Å². The average Bonchev–Trinajstić information content (AvgIpc) is 3.14. The molecule has 1 aliphatic rings. The SMILES string of the molecule is COC(=O)c1c(NC(=O)c2cc([N+](=O)[O-])nn2C)sc2c1CCCC2. The molecule has 132 valence electrons. The van der Waals surface area contributed by atoms with E-state index >= 15 is 0 Å². The van der Waals surface area contributed by atoms with Crippen molar-refractivity contribution >= 4 is 34.0 Å². The van der Waals surface area contributed by atoms with E-state index in [2.05, 4.69) is 10.4 Å². The highest BCUT2D eigenvalue weighted by atomic mass is 32.1. The molecule has 3 rings (SSSR count). The molecule has 10 heteroatoms. The number of hydrogen-bond acceptors (Lipinski definition) is 7. The third-order valence-electron chi connectivity index (χ3n) is 4.07. The van der Waals surface area contributed by atoms with Crippen LogP contribution in [0.4, 0.5) is 10.8 Å². The first-order valence-corrected chi connectivity index (χ1v) is 8.46. The van der Waals surface area contributed by atoms with E-state index in [4.69, 9.17) is 4.74 Å². The molecule has 1 amide bonds. The monoisotopic (exact) mass is 364 g/mol. The minimum atomic E-state index is -0.666. The van der Waals surface area contributed by atoms with Crippen molar-refractivity contribution in [3.8, 4) is 0 Å². The van der Waals surface area contributed by atoms with Gasteiger partial charge in [-0.15, -0.1) is 11.3 Å². The lowest BCUT2D eigenvalue weighted by atomic mass is 9.95. The zero-order chi connectivity index (χ0) is 18.1. The molecule has 2 aromatic rings. The van der Waals surface area contributed by atoms with Crippen molar-refractivity contribution in [2.24, 2.45) is 7.05 Å². The Hall–Kier alpha value is -2.75. The van der Waals surface area contributed by atoms with Gasteiger partial charge < -0.3 is 20.2 Å². The van der Waals surface area contributed by atoms with Crippen LogP contribution in [0, 0.1) is 10.1 Å². The van der Waals surface area contributed by atoms with Gasteiger partial charge in [0, 0.05) is 4.88 Å². The van der Waals surface area contributed by atoms with E-state index in [9.17, 15) is 19.7 Å². The van der Waals surface area contributed by atoms with E-state index in [0.717, 1.165) is 46.9 Å². The van der Waals surface area contributed by atoms with Gasteiger partial charge in [0.15, 0.2) is 5.69 Å². The van der Waals surface area contributed by atoms with E-state index in [1.54, 1.807) is 0 Å². The minimum Gasteiger partial charge on any atom is -0.465 e. The fraction of sp³-hybridized carbons (Fsp3) is 0.400. The molecule has 0 unspecified atom stereocenters. The first-order valence-electron chi connectivity index (χ1n) is 7.65. The molecule has 1 aliphatic carbocycles. The largest absolute Gasteiger partial charge is 0.465 e. The van der Waals surface area contributed by atoms with Crippen molar-refractivity contribution in [1.82, 2.24) is 9.78 Å². The Morgan fingerprint density at radius 1 is 1.40 bits per heavy atom. The standard InChI is InChI=1S/C15H16N4O5S/c1-18-9(7-11(17-18)19(22)23)13(20)16-14-12(15(21)24-2)8-5-3-4-6-10(8)25-14/h7H,3-6H2,1-2H3,(H,16,20). The second-order valence-electron chi connectivity index (χ2n) is 5.63. The number of nitrogens with one attached hydrogen (secondary N) is 1. The average molecular weight is 364 g/mol. The zero-order valence-electron chi connectivity index (χ0n) is 13.7. The van der Waals surface area contributed by atoms with Crippen molar-refractivity contribution in [1.29, 1.82) is 0 Å². The van der Waals surface area contributed by atoms with Gasteiger partial charge in [-0.25, -0.2) is 4.79 Å². The second kappa shape index (κ2) is 6.63. The van der Waals surface area contributed by atoms with E-state index in [0.29, 0.717) is 10.6 Å². The normalized spacial score (nSPS) is 13.2. The van der Waals surface area contributed by atoms with Crippen molar-refractivity contribution in [2.75, 3.05) is 12.4 Å². The first kappa shape index (κ1) is 17.1. The molecular weight excluding hydrogens is 348 g/mol. The van der Waals surface area contributed by atoms with Gasteiger partial charge in [0.1, 0.15) is 5.00 Å². The van der Waals surface area contributed by atoms with Crippen LogP contribution in [0.25, 0.3) is 0 Å². The third kappa shape index (κ3) is 3.12. The third-order valence-corrected chi connectivity index (χ3v) is 5.28. The molecule has 0 fully saturated rings. The predicted molar refractivity (Wildman–Crippen MR) is 90.1 cm³/mol. The number of carbonyl (C=O) groups excluding carboxylic acids is 2. The van der Waals surface area contributed by atoms with Crippen LogP contribution in [-0.4, -0.2) is 33.7 Å². The fourth-order valence-corrected chi connectivity index (χ4v) is 4.17. The quantitative estimate of drug-likeness (QED) is 0.505. The number of hydrogen-bond donors (Lipinski definition) is 1. The summed E-state index contributed by atoms with van der Waals surface area (Å²) in [6.07, 6.45) is 3.64. The van der Waals surface area contributed by atoms with Crippen LogP contribution in [0.1, 0.15) is 44.1 Å². The maximum atomic E-state index is 12.5. The highest BCUT2D eigenvalue weighted by molar-refractivity contribution is 7.17. The number of nitro groups is 1.